The molecule has 3 rings (SSSR count). The van der Waals surface area contributed by atoms with E-state index in [2.05, 4.69) is 45.7 Å². The first-order valence-electron chi connectivity index (χ1n) is 6.83. The number of nitrogens with zero attached hydrogens (tertiary/aromatic N) is 5. The smallest absolute Gasteiger partial charge is 0.140 e. The lowest BCUT2D eigenvalue weighted by atomic mass is 10.2. The van der Waals surface area contributed by atoms with Gasteiger partial charge < -0.3 is 4.90 Å². The predicted molar refractivity (Wildman–Crippen MR) is 85.9 cm³/mol. The number of anilines is 1. The Balaban J connectivity index is 1.86. The molecule has 0 aliphatic heterocycles. The summed E-state index contributed by atoms with van der Waals surface area (Å²) in [6.45, 7) is 5.11. The van der Waals surface area contributed by atoms with Gasteiger partial charge in [-0.05, 0) is 19.4 Å². The molecule has 0 fully saturated rings. The van der Waals surface area contributed by atoms with Crippen LogP contribution in [0, 0.1) is 13.8 Å². The number of rotatable bonds is 4. The van der Waals surface area contributed by atoms with Gasteiger partial charge in [0.15, 0.2) is 0 Å². The van der Waals surface area contributed by atoms with E-state index in [0.29, 0.717) is 0 Å². The Labute approximate surface area is 127 Å². The fourth-order valence-electron chi connectivity index (χ4n) is 2.30. The molecule has 0 unspecified atom stereocenters. The standard InChI is InChI=1S/C15H17N5S/c1-10-11(2)21-15-13(10)14(18-9-19-15)20(3)7-4-12-8-16-5-6-17-12/h5-6,8-9H,4,7H2,1-3H3. The topological polar surface area (TPSA) is 54.8 Å². The quantitative estimate of drug-likeness (QED) is 0.741. The van der Waals surface area contributed by atoms with Crippen molar-refractivity contribution in [1.82, 2.24) is 19.9 Å². The molecule has 0 aliphatic carbocycles. The summed E-state index contributed by atoms with van der Waals surface area (Å²) in [6.07, 6.45) is 7.72. The lowest BCUT2D eigenvalue weighted by Crippen LogP contribution is -2.22. The van der Waals surface area contributed by atoms with Crippen molar-refractivity contribution in [2.24, 2.45) is 0 Å². The maximum Gasteiger partial charge on any atom is 0.140 e. The van der Waals surface area contributed by atoms with Gasteiger partial charge in [-0.15, -0.1) is 11.3 Å². The van der Waals surface area contributed by atoms with Gasteiger partial charge >= 0.3 is 0 Å². The highest BCUT2D eigenvalue weighted by Crippen LogP contribution is 2.33. The molecule has 0 N–H and O–H groups in total. The molecule has 3 heterocycles. The van der Waals surface area contributed by atoms with Crippen LogP contribution in [0.2, 0.25) is 0 Å². The van der Waals surface area contributed by atoms with Crippen LogP contribution in [0.15, 0.2) is 24.9 Å². The summed E-state index contributed by atoms with van der Waals surface area (Å²) in [6, 6.07) is 0. The normalized spacial score (nSPS) is 11.0. The van der Waals surface area contributed by atoms with Crippen LogP contribution >= 0.6 is 11.3 Å². The zero-order valence-electron chi connectivity index (χ0n) is 12.4. The van der Waals surface area contributed by atoms with E-state index >= 15 is 0 Å². The van der Waals surface area contributed by atoms with Crippen molar-refractivity contribution in [1.29, 1.82) is 0 Å². The summed E-state index contributed by atoms with van der Waals surface area (Å²) in [4.78, 5) is 21.8. The molecule has 108 valence electrons. The molecule has 21 heavy (non-hydrogen) atoms. The van der Waals surface area contributed by atoms with Gasteiger partial charge in [-0.2, -0.15) is 0 Å². The fraction of sp³-hybridized carbons (Fsp3) is 0.333. The molecule has 0 aromatic carbocycles. The van der Waals surface area contributed by atoms with E-state index in [1.54, 1.807) is 30.1 Å². The number of fused-ring (bicyclic) bond motifs is 1. The molecule has 0 saturated carbocycles. The first-order valence-corrected chi connectivity index (χ1v) is 7.65. The van der Waals surface area contributed by atoms with Crippen LogP contribution in [-0.2, 0) is 6.42 Å². The summed E-state index contributed by atoms with van der Waals surface area (Å²) in [7, 11) is 2.06. The number of thiophene rings is 1. The second kappa shape index (κ2) is 5.73. The minimum absolute atomic E-state index is 0.845. The van der Waals surface area contributed by atoms with E-state index in [4.69, 9.17) is 0 Å². The van der Waals surface area contributed by atoms with E-state index in [9.17, 15) is 0 Å². The highest BCUT2D eigenvalue weighted by atomic mass is 32.1. The molecule has 3 aromatic rings. The molecule has 0 bridgehead atoms. The van der Waals surface area contributed by atoms with Crippen molar-refractivity contribution in [3.63, 3.8) is 0 Å². The SMILES string of the molecule is Cc1sc2ncnc(N(C)CCc3cnccn3)c2c1C. The molecule has 5 nitrogen and oxygen atoms in total. The van der Waals surface area contributed by atoms with Crippen LogP contribution < -0.4 is 4.90 Å². The average molecular weight is 299 g/mol. The van der Waals surface area contributed by atoms with Gasteiger partial charge in [0, 0.05) is 43.5 Å². The maximum atomic E-state index is 4.48. The van der Waals surface area contributed by atoms with E-state index in [-0.39, 0.29) is 0 Å². The molecule has 0 spiro atoms. The number of aromatic nitrogens is 4. The Kier molecular flexibility index (Phi) is 3.79. The number of hydrogen-bond donors (Lipinski definition) is 0. The monoisotopic (exact) mass is 299 g/mol. The lowest BCUT2D eigenvalue weighted by molar-refractivity contribution is 0.834. The summed E-state index contributed by atoms with van der Waals surface area (Å²) in [5.74, 6) is 0.991. The van der Waals surface area contributed by atoms with Crippen LogP contribution in [-0.4, -0.2) is 33.5 Å². The lowest BCUT2D eigenvalue weighted by Gasteiger charge is -2.18. The summed E-state index contributed by atoms with van der Waals surface area (Å²) < 4.78 is 0. The number of aryl methyl sites for hydroxylation is 2. The van der Waals surface area contributed by atoms with Crippen molar-refractivity contribution in [2.75, 3.05) is 18.5 Å². The molecule has 3 aromatic heterocycles. The minimum Gasteiger partial charge on any atom is -0.359 e. The highest BCUT2D eigenvalue weighted by Gasteiger charge is 2.14. The Morgan fingerprint density at radius 2 is 2.00 bits per heavy atom. The van der Waals surface area contributed by atoms with Gasteiger partial charge in [0.1, 0.15) is 17.0 Å². The Bertz CT molecular complexity index is 753. The van der Waals surface area contributed by atoms with Gasteiger partial charge in [-0.25, -0.2) is 9.97 Å². The van der Waals surface area contributed by atoms with E-state index in [0.717, 1.165) is 29.3 Å². The average Bonchev–Trinajstić information content (AvgIpc) is 2.81. The van der Waals surface area contributed by atoms with Crippen molar-refractivity contribution in [3.8, 4) is 0 Å². The second-order valence-electron chi connectivity index (χ2n) is 5.03. The summed E-state index contributed by atoms with van der Waals surface area (Å²) >= 11 is 1.72. The number of likely N-dealkylation sites (N-methyl/N-ethyl adjacent to an activating group) is 1. The molecular weight excluding hydrogens is 282 g/mol. The van der Waals surface area contributed by atoms with Crippen molar-refractivity contribution >= 4 is 27.4 Å². The van der Waals surface area contributed by atoms with Crippen molar-refractivity contribution in [2.45, 2.75) is 20.3 Å². The molecule has 0 atom stereocenters. The molecule has 0 radical (unpaired) electrons. The third-order valence-electron chi connectivity index (χ3n) is 3.63. The zero-order valence-corrected chi connectivity index (χ0v) is 13.2. The van der Waals surface area contributed by atoms with E-state index in [1.807, 2.05) is 6.20 Å². The Morgan fingerprint density at radius 3 is 2.76 bits per heavy atom. The third kappa shape index (κ3) is 2.71. The molecule has 0 saturated heterocycles. The Morgan fingerprint density at radius 1 is 1.14 bits per heavy atom. The van der Waals surface area contributed by atoms with Crippen molar-refractivity contribution in [3.05, 3.63) is 41.1 Å². The molecule has 6 heteroatoms. The largest absolute Gasteiger partial charge is 0.359 e. The van der Waals surface area contributed by atoms with Gasteiger partial charge in [0.25, 0.3) is 0 Å². The van der Waals surface area contributed by atoms with Gasteiger partial charge in [0.2, 0.25) is 0 Å². The van der Waals surface area contributed by atoms with Crippen LogP contribution in [0.5, 0.6) is 0 Å². The van der Waals surface area contributed by atoms with Crippen LogP contribution in [0.25, 0.3) is 10.2 Å². The Hall–Kier alpha value is -2.08. The van der Waals surface area contributed by atoms with Crippen LogP contribution in [0.1, 0.15) is 16.1 Å². The molecule has 0 amide bonds. The van der Waals surface area contributed by atoms with Gasteiger partial charge in [0.05, 0.1) is 11.1 Å². The first kappa shape index (κ1) is 13.9. The predicted octanol–water partition coefficient (Wildman–Crippen LogP) is 2.78. The third-order valence-corrected chi connectivity index (χ3v) is 4.74. The van der Waals surface area contributed by atoms with Gasteiger partial charge in [-0.1, -0.05) is 0 Å². The maximum absolute atomic E-state index is 4.48. The second-order valence-corrected chi connectivity index (χ2v) is 6.23. The van der Waals surface area contributed by atoms with Crippen LogP contribution in [0.4, 0.5) is 5.82 Å². The fourth-order valence-corrected chi connectivity index (χ4v) is 3.29. The molecule has 0 aliphatic rings. The first-order chi connectivity index (χ1) is 10.2. The van der Waals surface area contributed by atoms with Crippen molar-refractivity contribution < 1.29 is 0 Å². The summed E-state index contributed by atoms with van der Waals surface area (Å²) in [5.41, 5.74) is 2.27. The van der Waals surface area contributed by atoms with E-state index < -0.39 is 0 Å². The van der Waals surface area contributed by atoms with E-state index in [1.165, 1.54) is 15.8 Å². The zero-order chi connectivity index (χ0) is 14.8. The van der Waals surface area contributed by atoms with Gasteiger partial charge in [-0.3, -0.25) is 9.97 Å². The highest BCUT2D eigenvalue weighted by molar-refractivity contribution is 7.18. The molecular formula is C15H17N5S. The summed E-state index contributed by atoms with van der Waals surface area (Å²) in [5, 5.41) is 1.17. The minimum atomic E-state index is 0.845. The number of hydrogen-bond acceptors (Lipinski definition) is 6. The van der Waals surface area contributed by atoms with Crippen LogP contribution in [0.3, 0.4) is 0 Å².